The number of rotatable bonds is 6. The maximum Gasteiger partial charge on any atom is 0.321 e. The average molecular weight is 541 g/mol. The zero-order valence-electron chi connectivity index (χ0n) is 22.1. The molecule has 0 aliphatic carbocycles. The van der Waals surface area contributed by atoms with Gasteiger partial charge in [-0.15, -0.1) is 16.4 Å². The Bertz CT molecular complexity index is 1180. The zero-order valence-corrected chi connectivity index (χ0v) is 22.9. The van der Waals surface area contributed by atoms with Crippen molar-refractivity contribution < 1.29 is 19.4 Å². The van der Waals surface area contributed by atoms with E-state index in [4.69, 9.17) is 4.74 Å². The first-order valence-electron chi connectivity index (χ1n) is 12.9. The number of urea groups is 1. The number of hydrogen-bond acceptors (Lipinski definition) is 7. The highest BCUT2D eigenvalue weighted by Gasteiger charge is 2.29. The third-order valence-electron chi connectivity index (χ3n) is 6.88. The van der Waals surface area contributed by atoms with Crippen molar-refractivity contribution in [2.24, 2.45) is 5.92 Å². The van der Waals surface area contributed by atoms with Crippen LogP contribution in [-0.4, -0.2) is 80.7 Å². The van der Waals surface area contributed by atoms with Gasteiger partial charge in [-0.3, -0.25) is 4.79 Å². The highest BCUT2D eigenvalue weighted by Crippen LogP contribution is 2.26. The minimum Gasteiger partial charge on any atom is -0.394 e. The SMILES string of the molecule is C[C@H](CO)N1C[C@H](C)[C@H](CN(C)C(=O)Nc2ccc(-c3cccs3)cc2)OCc2cnnn2CCCC1=O. The lowest BCUT2D eigenvalue weighted by Crippen LogP contribution is -2.48. The van der Waals surface area contributed by atoms with Crippen LogP contribution in [0, 0.1) is 5.92 Å². The minimum absolute atomic E-state index is 0.0171. The Labute approximate surface area is 227 Å². The number of benzene rings is 1. The molecule has 4 rings (SSSR count). The molecule has 3 atom stereocenters. The van der Waals surface area contributed by atoms with Crippen LogP contribution in [0.2, 0.25) is 0 Å². The van der Waals surface area contributed by atoms with Crippen LogP contribution in [0.4, 0.5) is 10.5 Å². The fourth-order valence-corrected chi connectivity index (χ4v) is 5.21. The van der Waals surface area contributed by atoms with Gasteiger partial charge in [0.2, 0.25) is 5.91 Å². The molecule has 0 bridgehead atoms. The topological polar surface area (TPSA) is 113 Å². The van der Waals surface area contributed by atoms with Gasteiger partial charge in [0, 0.05) is 49.6 Å². The number of hydrogen-bond donors (Lipinski definition) is 2. The molecule has 3 heterocycles. The highest BCUT2D eigenvalue weighted by molar-refractivity contribution is 7.13. The van der Waals surface area contributed by atoms with E-state index in [1.54, 1.807) is 39.1 Å². The van der Waals surface area contributed by atoms with E-state index in [0.29, 0.717) is 44.8 Å². The molecular weight excluding hydrogens is 504 g/mol. The summed E-state index contributed by atoms with van der Waals surface area (Å²) in [6.07, 6.45) is 2.29. The summed E-state index contributed by atoms with van der Waals surface area (Å²) < 4.78 is 8.07. The Hall–Kier alpha value is -3.28. The summed E-state index contributed by atoms with van der Waals surface area (Å²) in [5, 5.41) is 22.9. The number of thiophene rings is 1. The predicted octanol–water partition coefficient (Wildman–Crippen LogP) is 3.70. The van der Waals surface area contributed by atoms with Crippen LogP contribution in [0.5, 0.6) is 0 Å². The molecule has 204 valence electrons. The van der Waals surface area contributed by atoms with E-state index in [-0.39, 0.29) is 36.6 Å². The maximum absolute atomic E-state index is 13.1. The molecule has 1 aliphatic heterocycles. The van der Waals surface area contributed by atoms with E-state index in [0.717, 1.165) is 11.3 Å². The zero-order chi connectivity index (χ0) is 27.1. The Kier molecular flexibility index (Phi) is 9.48. The number of aliphatic hydroxyl groups excluding tert-OH is 1. The first-order chi connectivity index (χ1) is 18.4. The summed E-state index contributed by atoms with van der Waals surface area (Å²) in [6, 6.07) is 11.3. The van der Waals surface area contributed by atoms with Crippen molar-refractivity contribution in [1.29, 1.82) is 0 Å². The van der Waals surface area contributed by atoms with Crippen LogP contribution in [-0.2, 0) is 22.7 Å². The summed E-state index contributed by atoms with van der Waals surface area (Å²) in [5.41, 5.74) is 2.64. The smallest absolute Gasteiger partial charge is 0.321 e. The normalized spacial score (nSPS) is 19.7. The van der Waals surface area contributed by atoms with E-state index in [1.165, 1.54) is 4.88 Å². The molecule has 3 aromatic rings. The number of anilines is 1. The Morgan fingerprint density at radius 1 is 1.32 bits per heavy atom. The number of fused-ring (bicyclic) bond motifs is 1. The second-order valence-corrected chi connectivity index (χ2v) is 10.8. The number of ether oxygens (including phenoxy) is 1. The molecule has 0 radical (unpaired) electrons. The molecule has 0 fully saturated rings. The lowest BCUT2D eigenvalue weighted by molar-refractivity contribution is -0.136. The third kappa shape index (κ3) is 6.97. The lowest BCUT2D eigenvalue weighted by Gasteiger charge is -2.35. The maximum atomic E-state index is 13.1. The summed E-state index contributed by atoms with van der Waals surface area (Å²) in [5.74, 6) is -0.117. The second kappa shape index (κ2) is 13.0. The quantitative estimate of drug-likeness (QED) is 0.493. The van der Waals surface area contributed by atoms with Crippen LogP contribution >= 0.6 is 11.3 Å². The summed E-state index contributed by atoms with van der Waals surface area (Å²) in [6.45, 7) is 5.31. The number of amides is 3. The second-order valence-electron chi connectivity index (χ2n) is 9.82. The Balaban J connectivity index is 1.45. The van der Waals surface area contributed by atoms with Crippen LogP contribution < -0.4 is 5.32 Å². The molecule has 2 aromatic heterocycles. The largest absolute Gasteiger partial charge is 0.394 e. The number of aromatic nitrogens is 3. The van der Waals surface area contributed by atoms with Crippen LogP contribution in [0.25, 0.3) is 10.4 Å². The van der Waals surface area contributed by atoms with Gasteiger partial charge in [-0.25, -0.2) is 9.48 Å². The molecule has 10 nitrogen and oxygen atoms in total. The predicted molar refractivity (Wildman–Crippen MR) is 147 cm³/mol. The van der Waals surface area contributed by atoms with Crippen LogP contribution in [0.15, 0.2) is 48.0 Å². The molecule has 11 heteroatoms. The number of aliphatic hydroxyl groups is 1. The first-order valence-corrected chi connectivity index (χ1v) is 13.8. The van der Waals surface area contributed by atoms with E-state index in [1.807, 2.05) is 49.6 Å². The number of aryl methyl sites for hydroxylation is 1. The van der Waals surface area contributed by atoms with Crippen molar-refractivity contribution in [1.82, 2.24) is 24.8 Å². The monoisotopic (exact) mass is 540 g/mol. The van der Waals surface area contributed by atoms with Gasteiger partial charge in [0.15, 0.2) is 0 Å². The minimum atomic E-state index is -0.365. The van der Waals surface area contributed by atoms with E-state index in [9.17, 15) is 14.7 Å². The fourth-order valence-electron chi connectivity index (χ4n) is 4.48. The van der Waals surface area contributed by atoms with Gasteiger partial charge < -0.3 is 25.0 Å². The summed E-state index contributed by atoms with van der Waals surface area (Å²) >= 11 is 1.67. The lowest BCUT2D eigenvalue weighted by atomic mass is 10.0. The van der Waals surface area contributed by atoms with Gasteiger partial charge in [0.1, 0.15) is 0 Å². The molecule has 0 unspecified atom stereocenters. The molecule has 2 N–H and O–H groups in total. The van der Waals surface area contributed by atoms with Gasteiger partial charge in [0.05, 0.1) is 37.3 Å². The van der Waals surface area contributed by atoms with Crippen molar-refractivity contribution in [2.45, 2.75) is 52.0 Å². The molecule has 3 amide bonds. The Morgan fingerprint density at radius 2 is 2.11 bits per heavy atom. The van der Waals surface area contributed by atoms with Crippen molar-refractivity contribution in [3.63, 3.8) is 0 Å². The standard InChI is InChI=1S/C27H36N6O4S/c1-19-15-32(20(2)17-34)26(35)7-4-12-33-23(14-28-30-33)18-37-24(19)16-31(3)27(36)29-22-10-8-21(9-11-22)25-6-5-13-38-25/h5-6,8-11,13-14,19-20,24,34H,4,7,12,15-18H2,1-3H3,(H,29,36)/t19-,20+,24-/m0/s1. The van der Waals surface area contributed by atoms with Crippen molar-refractivity contribution in [3.05, 3.63) is 53.7 Å². The third-order valence-corrected chi connectivity index (χ3v) is 7.80. The molecular formula is C27H36N6O4S. The molecule has 0 saturated heterocycles. The van der Waals surface area contributed by atoms with Crippen LogP contribution in [0.1, 0.15) is 32.4 Å². The highest BCUT2D eigenvalue weighted by atomic mass is 32.1. The molecule has 0 spiro atoms. The van der Waals surface area contributed by atoms with Gasteiger partial charge in [-0.05, 0) is 42.5 Å². The van der Waals surface area contributed by atoms with Crippen molar-refractivity contribution >= 4 is 29.0 Å². The molecule has 38 heavy (non-hydrogen) atoms. The number of nitrogens with zero attached hydrogens (tertiary/aromatic N) is 5. The van der Waals surface area contributed by atoms with Gasteiger partial charge >= 0.3 is 6.03 Å². The summed E-state index contributed by atoms with van der Waals surface area (Å²) in [7, 11) is 1.73. The van der Waals surface area contributed by atoms with E-state index in [2.05, 4.69) is 21.7 Å². The van der Waals surface area contributed by atoms with Crippen molar-refractivity contribution in [2.75, 3.05) is 32.1 Å². The van der Waals surface area contributed by atoms with Crippen molar-refractivity contribution in [3.8, 4) is 10.4 Å². The Morgan fingerprint density at radius 3 is 2.82 bits per heavy atom. The molecule has 0 saturated carbocycles. The van der Waals surface area contributed by atoms with Gasteiger partial charge in [-0.2, -0.15) is 0 Å². The van der Waals surface area contributed by atoms with Crippen LogP contribution in [0.3, 0.4) is 0 Å². The fraction of sp³-hybridized carbons (Fsp3) is 0.481. The number of nitrogens with one attached hydrogen (secondary N) is 1. The van der Waals surface area contributed by atoms with E-state index >= 15 is 0 Å². The summed E-state index contributed by atoms with van der Waals surface area (Å²) in [4.78, 5) is 30.6. The van der Waals surface area contributed by atoms with E-state index < -0.39 is 0 Å². The molecule has 1 aromatic carbocycles. The van der Waals surface area contributed by atoms with Gasteiger partial charge in [-0.1, -0.05) is 30.3 Å². The average Bonchev–Trinajstić information content (AvgIpc) is 3.61. The first kappa shape index (κ1) is 27.7. The molecule has 1 aliphatic rings. The number of likely N-dealkylation sites (N-methyl/N-ethyl adjacent to an activating group) is 1. The van der Waals surface area contributed by atoms with Gasteiger partial charge in [0.25, 0.3) is 0 Å². The number of carbonyl (C=O) groups is 2. The number of carbonyl (C=O) groups excluding carboxylic acids is 2.